The van der Waals surface area contributed by atoms with Gasteiger partial charge in [0.25, 0.3) is 0 Å². The highest BCUT2D eigenvalue weighted by molar-refractivity contribution is 7.53. The third-order valence-corrected chi connectivity index (χ3v) is 4.35. The maximum Gasteiger partial charge on any atom is 0.356 e. The molecular weight excluding hydrogens is 271 g/mol. The molecule has 0 radical (unpaired) electrons. The topological polar surface area (TPSA) is 63.2 Å². The Morgan fingerprint density at radius 1 is 1.26 bits per heavy atom. The Kier molecular flexibility index (Phi) is 6.94. The minimum atomic E-state index is -3.10. The quantitative estimate of drug-likeness (QED) is 0.481. The van der Waals surface area contributed by atoms with Crippen molar-refractivity contribution in [3.63, 3.8) is 0 Å². The van der Waals surface area contributed by atoms with Crippen LogP contribution in [0.3, 0.4) is 0 Å². The number of hydrogen-bond acceptors (Lipinski definition) is 6. The van der Waals surface area contributed by atoms with Crippen LogP contribution in [-0.4, -0.2) is 44.7 Å². The molecule has 0 amide bonds. The zero-order valence-electron chi connectivity index (χ0n) is 12.2. The van der Waals surface area contributed by atoms with Gasteiger partial charge in [-0.15, -0.1) is 0 Å². The summed E-state index contributed by atoms with van der Waals surface area (Å²) in [5.74, 6) is -0.517. The molecule has 1 unspecified atom stereocenters. The summed E-state index contributed by atoms with van der Waals surface area (Å²) in [6.07, 6.45) is 0.696. The molecule has 0 aliphatic carbocycles. The summed E-state index contributed by atoms with van der Waals surface area (Å²) in [4.78, 5) is 0. The van der Waals surface area contributed by atoms with Gasteiger partial charge in [0.2, 0.25) is 0 Å². The Morgan fingerprint density at radius 3 is 2.37 bits per heavy atom. The molecule has 0 aromatic heterocycles. The molecule has 0 N–H and O–H groups in total. The summed E-state index contributed by atoms with van der Waals surface area (Å²) in [5.41, 5.74) is 0. The van der Waals surface area contributed by atoms with Gasteiger partial charge in [0.15, 0.2) is 5.79 Å². The van der Waals surface area contributed by atoms with Crippen LogP contribution in [0.4, 0.5) is 0 Å². The minimum Gasteiger partial charge on any atom is -0.369 e. The highest BCUT2D eigenvalue weighted by Crippen LogP contribution is 2.47. The summed E-state index contributed by atoms with van der Waals surface area (Å²) < 4.78 is 38.8. The van der Waals surface area contributed by atoms with Gasteiger partial charge in [0.05, 0.1) is 25.9 Å². The van der Waals surface area contributed by atoms with Gasteiger partial charge in [0.1, 0.15) is 6.35 Å². The molecule has 1 aliphatic heterocycles. The van der Waals surface area contributed by atoms with Crippen LogP contribution in [0.15, 0.2) is 0 Å². The molecular formula is C12H25O6P. The predicted octanol–water partition coefficient (Wildman–Crippen LogP) is 2.77. The lowest BCUT2D eigenvalue weighted by Gasteiger charge is -2.18. The summed E-state index contributed by atoms with van der Waals surface area (Å²) in [5, 5.41) is 0. The lowest BCUT2D eigenvalue weighted by atomic mass is 10.3. The SMILES string of the molecule is CCOP(=O)(COCCC1COC(C)(C)O1)OCC. The Labute approximate surface area is 115 Å². The monoisotopic (exact) mass is 296 g/mol. The van der Waals surface area contributed by atoms with Gasteiger partial charge in [0, 0.05) is 6.61 Å². The Hall–Kier alpha value is 0.0300. The van der Waals surface area contributed by atoms with Crippen molar-refractivity contribution in [3.8, 4) is 0 Å². The zero-order valence-corrected chi connectivity index (χ0v) is 13.1. The van der Waals surface area contributed by atoms with Crippen molar-refractivity contribution in [2.45, 2.75) is 46.0 Å². The normalized spacial score (nSPS) is 22.8. The van der Waals surface area contributed by atoms with E-state index in [1.165, 1.54) is 0 Å². The number of hydrogen-bond donors (Lipinski definition) is 0. The van der Waals surface area contributed by atoms with Crippen LogP contribution in [0.25, 0.3) is 0 Å². The number of ether oxygens (including phenoxy) is 3. The largest absolute Gasteiger partial charge is 0.369 e. The first-order valence-corrected chi connectivity index (χ1v) is 8.41. The first kappa shape index (κ1) is 17.1. The van der Waals surface area contributed by atoms with Crippen molar-refractivity contribution < 1.29 is 27.8 Å². The van der Waals surface area contributed by atoms with Gasteiger partial charge in [-0.2, -0.15) is 0 Å². The second-order valence-corrected chi connectivity index (χ2v) is 6.72. The van der Waals surface area contributed by atoms with Crippen molar-refractivity contribution in [2.24, 2.45) is 0 Å². The van der Waals surface area contributed by atoms with Crippen LogP contribution < -0.4 is 0 Å². The summed E-state index contributed by atoms with van der Waals surface area (Å²) in [7, 11) is -3.10. The van der Waals surface area contributed by atoms with E-state index in [0.717, 1.165) is 0 Å². The van der Waals surface area contributed by atoms with Crippen molar-refractivity contribution in [2.75, 3.05) is 32.8 Å². The van der Waals surface area contributed by atoms with Gasteiger partial charge in [-0.1, -0.05) is 0 Å². The Balaban J connectivity index is 2.20. The molecule has 114 valence electrons. The van der Waals surface area contributed by atoms with E-state index in [0.29, 0.717) is 32.8 Å². The second kappa shape index (κ2) is 7.72. The molecule has 19 heavy (non-hydrogen) atoms. The van der Waals surface area contributed by atoms with Crippen LogP contribution in [-0.2, 0) is 27.8 Å². The fraction of sp³-hybridized carbons (Fsp3) is 1.00. The molecule has 1 aliphatic rings. The standard InChI is InChI=1S/C12H25O6P/c1-5-16-19(13,17-6-2)10-14-8-7-11-9-15-12(3,4)18-11/h11H,5-10H2,1-4H3. The molecule has 0 spiro atoms. The summed E-state index contributed by atoms with van der Waals surface area (Å²) >= 11 is 0. The van der Waals surface area contributed by atoms with Gasteiger partial charge in [-0.05, 0) is 34.1 Å². The van der Waals surface area contributed by atoms with Crippen LogP contribution in [0, 0.1) is 0 Å². The first-order chi connectivity index (χ1) is 8.91. The summed E-state index contributed by atoms with van der Waals surface area (Å²) in [6.45, 7) is 9.00. The third-order valence-electron chi connectivity index (χ3n) is 2.55. The molecule has 6 nitrogen and oxygen atoms in total. The van der Waals surface area contributed by atoms with E-state index in [9.17, 15) is 4.57 Å². The summed E-state index contributed by atoms with van der Waals surface area (Å²) in [6, 6.07) is 0. The molecule has 0 bridgehead atoms. The van der Waals surface area contributed by atoms with Gasteiger partial charge >= 0.3 is 7.60 Å². The van der Waals surface area contributed by atoms with Crippen LogP contribution in [0.2, 0.25) is 0 Å². The Bertz CT molecular complexity index is 297. The van der Waals surface area contributed by atoms with E-state index in [2.05, 4.69) is 0 Å². The van der Waals surface area contributed by atoms with Crippen molar-refractivity contribution in [1.29, 1.82) is 0 Å². The third kappa shape index (κ3) is 6.34. The predicted molar refractivity (Wildman–Crippen MR) is 71.2 cm³/mol. The van der Waals surface area contributed by atoms with E-state index in [1.54, 1.807) is 13.8 Å². The molecule has 7 heteroatoms. The molecule has 1 rings (SSSR count). The highest BCUT2D eigenvalue weighted by Gasteiger charge is 2.32. The van der Waals surface area contributed by atoms with Crippen LogP contribution in [0.5, 0.6) is 0 Å². The van der Waals surface area contributed by atoms with Crippen molar-refractivity contribution >= 4 is 7.60 Å². The Morgan fingerprint density at radius 2 is 1.89 bits per heavy atom. The van der Waals surface area contributed by atoms with E-state index < -0.39 is 13.4 Å². The van der Waals surface area contributed by atoms with Crippen LogP contribution in [0.1, 0.15) is 34.1 Å². The lowest BCUT2D eigenvalue weighted by molar-refractivity contribution is -0.140. The van der Waals surface area contributed by atoms with E-state index in [1.807, 2.05) is 13.8 Å². The molecule has 0 saturated carbocycles. The molecule has 1 heterocycles. The van der Waals surface area contributed by atoms with E-state index in [4.69, 9.17) is 23.3 Å². The first-order valence-electron chi connectivity index (χ1n) is 6.68. The lowest BCUT2D eigenvalue weighted by Crippen LogP contribution is -2.22. The van der Waals surface area contributed by atoms with Crippen molar-refractivity contribution in [3.05, 3.63) is 0 Å². The maximum absolute atomic E-state index is 12.1. The fourth-order valence-corrected chi connectivity index (χ4v) is 3.16. The highest BCUT2D eigenvalue weighted by atomic mass is 31.2. The molecule has 1 atom stereocenters. The van der Waals surface area contributed by atoms with Gasteiger partial charge < -0.3 is 23.3 Å². The van der Waals surface area contributed by atoms with Crippen molar-refractivity contribution in [1.82, 2.24) is 0 Å². The molecule has 0 aromatic rings. The fourth-order valence-electron chi connectivity index (χ4n) is 1.80. The number of rotatable bonds is 9. The molecule has 0 aromatic carbocycles. The molecule has 1 fully saturated rings. The van der Waals surface area contributed by atoms with Crippen LogP contribution >= 0.6 is 7.60 Å². The maximum atomic E-state index is 12.1. The van der Waals surface area contributed by atoms with E-state index in [-0.39, 0.29) is 12.5 Å². The minimum absolute atomic E-state index is 0.0218. The smallest absolute Gasteiger partial charge is 0.356 e. The average Bonchev–Trinajstić information content (AvgIpc) is 2.65. The zero-order chi connectivity index (χ0) is 14.4. The average molecular weight is 296 g/mol. The second-order valence-electron chi connectivity index (χ2n) is 4.72. The van der Waals surface area contributed by atoms with E-state index >= 15 is 0 Å². The molecule has 1 saturated heterocycles. The van der Waals surface area contributed by atoms with Gasteiger partial charge in [-0.25, -0.2) is 0 Å². The van der Waals surface area contributed by atoms with Gasteiger partial charge in [-0.3, -0.25) is 4.57 Å².